The van der Waals surface area contributed by atoms with Gasteiger partial charge < -0.3 is 5.73 Å². The molecule has 0 saturated heterocycles. The van der Waals surface area contributed by atoms with Crippen LogP contribution in [0, 0.1) is 23.7 Å². The molecule has 1 heteroatoms. The second-order valence-electron chi connectivity index (χ2n) is 5.06. The zero-order valence-electron chi connectivity index (χ0n) is 9.59. The summed E-state index contributed by atoms with van der Waals surface area (Å²) in [5, 5.41) is 0. The first-order valence-electron chi connectivity index (χ1n) is 5.83. The molecule has 1 aliphatic rings. The van der Waals surface area contributed by atoms with Gasteiger partial charge in [-0.3, -0.25) is 0 Å². The molecule has 1 rings (SSSR count). The number of hydrogen-bond acceptors (Lipinski definition) is 1. The van der Waals surface area contributed by atoms with Gasteiger partial charge in [-0.15, -0.1) is 0 Å². The van der Waals surface area contributed by atoms with Crippen LogP contribution >= 0.6 is 0 Å². The normalized spacial score (nSPS) is 46.4. The van der Waals surface area contributed by atoms with Crippen LogP contribution in [0.15, 0.2) is 0 Å². The minimum Gasteiger partial charge on any atom is -0.327 e. The highest BCUT2D eigenvalue weighted by Crippen LogP contribution is 2.39. The van der Waals surface area contributed by atoms with Crippen molar-refractivity contribution in [3.63, 3.8) is 0 Å². The number of rotatable bonds is 2. The summed E-state index contributed by atoms with van der Waals surface area (Å²) in [4.78, 5) is 0. The molecule has 0 spiro atoms. The molecule has 0 radical (unpaired) electrons. The molecular weight excluding hydrogens is 158 g/mol. The summed E-state index contributed by atoms with van der Waals surface area (Å²) in [5.41, 5.74) is 6.17. The monoisotopic (exact) mass is 183 g/mol. The van der Waals surface area contributed by atoms with Gasteiger partial charge in [-0.05, 0) is 30.1 Å². The molecule has 0 aromatic carbocycles. The van der Waals surface area contributed by atoms with E-state index in [4.69, 9.17) is 5.73 Å². The fraction of sp³-hybridized carbons (Fsp3) is 1.00. The predicted octanol–water partition coefficient (Wildman–Crippen LogP) is 3.04. The molecular formula is C12H25N. The van der Waals surface area contributed by atoms with Gasteiger partial charge in [-0.25, -0.2) is 0 Å². The molecule has 5 atom stereocenters. The van der Waals surface area contributed by atoms with Gasteiger partial charge in [0, 0.05) is 6.04 Å². The molecule has 2 N–H and O–H groups in total. The van der Waals surface area contributed by atoms with E-state index in [0.717, 1.165) is 17.8 Å². The Morgan fingerprint density at radius 3 is 2.31 bits per heavy atom. The second kappa shape index (κ2) is 4.45. The van der Waals surface area contributed by atoms with Crippen LogP contribution < -0.4 is 5.73 Å². The zero-order valence-corrected chi connectivity index (χ0v) is 9.59. The van der Waals surface area contributed by atoms with Crippen LogP contribution in [0.25, 0.3) is 0 Å². The minimum atomic E-state index is 0.433. The molecule has 0 aliphatic heterocycles. The molecule has 0 aromatic rings. The van der Waals surface area contributed by atoms with Crippen molar-refractivity contribution in [3.05, 3.63) is 0 Å². The summed E-state index contributed by atoms with van der Waals surface area (Å²) in [5.74, 6) is 3.18. The summed E-state index contributed by atoms with van der Waals surface area (Å²) >= 11 is 0. The quantitative estimate of drug-likeness (QED) is 0.699. The highest BCUT2D eigenvalue weighted by atomic mass is 14.7. The Hall–Kier alpha value is -0.0400. The van der Waals surface area contributed by atoms with Crippen molar-refractivity contribution in [2.75, 3.05) is 0 Å². The van der Waals surface area contributed by atoms with Gasteiger partial charge in [-0.2, -0.15) is 0 Å². The highest BCUT2D eigenvalue weighted by Gasteiger charge is 2.35. The van der Waals surface area contributed by atoms with Crippen molar-refractivity contribution in [3.8, 4) is 0 Å². The van der Waals surface area contributed by atoms with Crippen LogP contribution in [0.5, 0.6) is 0 Å². The topological polar surface area (TPSA) is 26.0 Å². The Kier molecular flexibility index (Phi) is 3.78. The smallest absolute Gasteiger partial charge is 0.00931 e. The molecule has 1 aliphatic carbocycles. The van der Waals surface area contributed by atoms with E-state index >= 15 is 0 Å². The van der Waals surface area contributed by atoms with Gasteiger partial charge in [0.1, 0.15) is 0 Å². The summed E-state index contributed by atoms with van der Waals surface area (Å²) in [6.07, 6.45) is 4.06. The lowest BCUT2D eigenvalue weighted by atomic mass is 9.66. The van der Waals surface area contributed by atoms with E-state index in [-0.39, 0.29) is 0 Å². The van der Waals surface area contributed by atoms with Gasteiger partial charge in [0.05, 0.1) is 0 Å². The first-order valence-corrected chi connectivity index (χ1v) is 5.83. The first kappa shape index (κ1) is 11.0. The molecule has 78 valence electrons. The first-order chi connectivity index (χ1) is 6.07. The largest absolute Gasteiger partial charge is 0.327 e. The Morgan fingerprint density at radius 2 is 1.77 bits per heavy atom. The molecule has 1 nitrogen and oxygen atoms in total. The third-order valence-corrected chi connectivity index (χ3v) is 4.17. The van der Waals surface area contributed by atoms with Gasteiger partial charge in [-0.1, -0.05) is 40.5 Å². The fourth-order valence-corrected chi connectivity index (χ4v) is 2.90. The van der Waals surface area contributed by atoms with Crippen LogP contribution in [-0.2, 0) is 0 Å². The molecule has 0 bridgehead atoms. The lowest BCUT2D eigenvalue weighted by Crippen LogP contribution is -2.45. The van der Waals surface area contributed by atoms with Gasteiger partial charge in [0.2, 0.25) is 0 Å². The lowest BCUT2D eigenvalue weighted by Gasteiger charge is -2.42. The van der Waals surface area contributed by atoms with E-state index in [1.807, 2.05) is 0 Å². The third kappa shape index (κ3) is 2.25. The summed E-state index contributed by atoms with van der Waals surface area (Å²) in [6.45, 7) is 9.32. The molecule has 1 fully saturated rings. The van der Waals surface area contributed by atoms with Crippen molar-refractivity contribution >= 4 is 0 Å². The SMILES string of the molecule is CCCC1CC(C)C(N)C(C)C1C. The molecule has 0 amide bonds. The van der Waals surface area contributed by atoms with Crippen molar-refractivity contribution < 1.29 is 0 Å². The molecule has 5 unspecified atom stereocenters. The van der Waals surface area contributed by atoms with Gasteiger partial charge >= 0.3 is 0 Å². The van der Waals surface area contributed by atoms with Crippen molar-refractivity contribution in [1.29, 1.82) is 0 Å². The lowest BCUT2D eigenvalue weighted by molar-refractivity contribution is 0.104. The predicted molar refractivity (Wildman–Crippen MR) is 58.5 cm³/mol. The summed E-state index contributed by atoms with van der Waals surface area (Å²) in [6, 6.07) is 0.433. The number of hydrogen-bond donors (Lipinski definition) is 1. The summed E-state index contributed by atoms with van der Waals surface area (Å²) in [7, 11) is 0. The molecule has 1 saturated carbocycles. The van der Waals surface area contributed by atoms with E-state index in [1.165, 1.54) is 19.3 Å². The zero-order chi connectivity index (χ0) is 10.0. The Labute approximate surface area is 83.1 Å². The maximum absolute atomic E-state index is 6.17. The van der Waals surface area contributed by atoms with Crippen LogP contribution in [0.4, 0.5) is 0 Å². The highest BCUT2D eigenvalue weighted by molar-refractivity contribution is 4.88. The van der Waals surface area contributed by atoms with E-state index < -0.39 is 0 Å². The Morgan fingerprint density at radius 1 is 1.15 bits per heavy atom. The standard InChI is InChI=1S/C12H25N/c1-5-6-11-7-8(2)12(13)10(4)9(11)3/h8-12H,5-7,13H2,1-4H3. The van der Waals surface area contributed by atoms with E-state index in [9.17, 15) is 0 Å². The third-order valence-electron chi connectivity index (χ3n) is 4.17. The van der Waals surface area contributed by atoms with E-state index in [1.54, 1.807) is 0 Å². The van der Waals surface area contributed by atoms with Crippen LogP contribution in [-0.4, -0.2) is 6.04 Å². The maximum atomic E-state index is 6.17. The summed E-state index contributed by atoms with van der Waals surface area (Å²) < 4.78 is 0. The van der Waals surface area contributed by atoms with Crippen LogP contribution in [0.2, 0.25) is 0 Å². The van der Waals surface area contributed by atoms with E-state index in [0.29, 0.717) is 12.0 Å². The van der Waals surface area contributed by atoms with Crippen molar-refractivity contribution in [1.82, 2.24) is 0 Å². The molecule has 13 heavy (non-hydrogen) atoms. The van der Waals surface area contributed by atoms with Crippen molar-refractivity contribution in [2.24, 2.45) is 29.4 Å². The minimum absolute atomic E-state index is 0.433. The second-order valence-corrected chi connectivity index (χ2v) is 5.06. The van der Waals surface area contributed by atoms with Gasteiger partial charge in [0.15, 0.2) is 0 Å². The maximum Gasteiger partial charge on any atom is 0.00931 e. The van der Waals surface area contributed by atoms with Crippen LogP contribution in [0.3, 0.4) is 0 Å². The van der Waals surface area contributed by atoms with Crippen molar-refractivity contribution in [2.45, 2.75) is 53.0 Å². The molecule has 0 heterocycles. The fourth-order valence-electron chi connectivity index (χ4n) is 2.90. The Balaban J connectivity index is 2.59. The van der Waals surface area contributed by atoms with Crippen LogP contribution in [0.1, 0.15) is 47.0 Å². The molecule has 0 aromatic heterocycles. The average molecular weight is 183 g/mol. The number of nitrogens with two attached hydrogens (primary N) is 1. The average Bonchev–Trinajstić information content (AvgIpc) is 2.11. The Bertz CT molecular complexity index is 155. The van der Waals surface area contributed by atoms with Gasteiger partial charge in [0.25, 0.3) is 0 Å². The van der Waals surface area contributed by atoms with E-state index in [2.05, 4.69) is 27.7 Å².